The van der Waals surface area contributed by atoms with Gasteiger partial charge in [-0.05, 0) is 44.4 Å². The monoisotopic (exact) mass is 261 g/mol. The zero-order valence-corrected chi connectivity index (χ0v) is 11.5. The van der Waals surface area contributed by atoms with E-state index in [1.54, 1.807) is 23.6 Å². The second-order valence-corrected chi connectivity index (χ2v) is 5.86. The Morgan fingerprint density at radius 1 is 1.28 bits per heavy atom. The molecular weight excluding hydrogens is 246 g/mol. The average Bonchev–Trinajstić information content (AvgIpc) is 2.80. The van der Waals surface area contributed by atoms with Gasteiger partial charge in [0, 0.05) is 6.20 Å². The summed E-state index contributed by atoms with van der Waals surface area (Å²) in [5.41, 5.74) is 0.867. The number of nitrogens with zero attached hydrogens (tertiary/aromatic N) is 1. The van der Waals surface area contributed by atoms with Crippen LogP contribution in [0.25, 0.3) is 10.6 Å². The van der Waals surface area contributed by atoms with Gasteiger partial charge < -0.3 is 4.74 Å². The molecule has 0 radical (unpaired) electrons. The third-order valence-electron chi connectivity index (χ3n) is 2.17. The minimum atomic E-state index is -0.483. The fourth-order valence-electron chi connectivity index (χ4n) is 1.42. The van der Waals surface area contributed by atoms with Gasteiger partial charge in [0.1, 0.15) is 5.60 Å². The number of carbonyl (C=O) groups is 1. The van der Waals surface area contributed by atoms with Crippen LogP contribution in [0.1, 0.15) is 31.1 Å². The van der Waals surface area contributed by atoms with Crippen molar-refractivity contribution in [1.29, 1.82) is 0 Å². The maximum absolute atomic E-state index is 11.8. The molecule has 0 spiro atoms. The number of hydrogen-bond donors (Lipinski definition) is 0. The molecule has 0 atom stereocenters. The molecule has 2 aromatic heterocycles. The third kappa shape index (κ3) is 3.17. The van der Waals surface area contributed by atoms with E-state index in [4.69, 9.17) is 4.74 Å². The van der Waals surface area contributed by atoms with Crippen molar-refractivity contribution in [1.82, 2.24) is 4.98 Å². The molecule has 0 saturated heterocycles. The van der Waals surface area contributed by atoms with Gasteiger partial charge in [0.2, 0.25) is 0 Å². The molecule has 0 unspecified atom stereocenters. The fourth-order valence-corrected chi connectivity index (χ4v) is 2.12. The van der Waals surface area contributed by atoms with Gasteiger partial charge in [-0.3, -0.25) is 4.98 Å². The van der Waals surface area contributed by atoms with Crippen LogP contribution in [0.15, 0.2) is 35.8 Å². The summed E-state index contributed by atoms with van der Waals surface area (Å²) in [4.78, 5) is 17.2. The van der Waals surface area contributed by atoms with Crippen molar-refractivity contribution >= 4 is 17.3 Å². The second-order valence-electron chi connectivity index (χ2n) is 4.91. The highest BCUT2D eigenvalue weighted by Gasteiger charge is 2.18. The summed E-state index contributed by atoms with van der Waals surface area (Å²) in [7, 11) is 0. The maximum atomic E-state index is 11.8. The van der Waals surface area contributed by atoms with Crippen molar-refractivity contribution in [3.05, 3.63) is 41.4 Å². The Morgan fingerprint density at radius 3 is 2.56 bits per heavy atom. The highest BCUT2D eigenvalue weighted by atomic mass is 32.1. The number of hydrogen-bond acceptors (Lipinski definition) is 4. The minimum absolute atomic E-state index is 0.340. The topological polar surface area (TPSA) is 39.2 Å². The molecular formula is C14H15NO2S. The molecule has 94 valence electrons. The summed E-state index contributed by atoms with van der Waals surface area (Å²) >= 11 is 1.62. The quantitative estimate of drug-likeness (QED) is 0.772. The van der Waals surface area contributed by atoms with E-state index in [1.807, 2.05) is 44.4 Å². The summed E-state index contributed by atoms with van der Waals surface area (Å²) in [6.07, 6.45) is 1.56. The van der Waals surface area contributed by atoms with Crippen LogP contribution in [0.4, 0.5) is 0 Å². The molecule has 0 aliphatic carbocycles. The first-order valence-electron chi connectivity index (χ1n) is 5.69. The van der Waals surface area contributed by atoms with Gasteiger partial charge in [0.05, 0.1) is 16.1 Å². The van der Waals surface area contributed by atoms with E-state index in [0.717, 1.165) is 10.6 Å². The zero-order valence-electron chi connectivity index (χ0n) is 10.6. The van der Waals surface area contributed by atoms with Crippen molar-refractivity contribution in [3.63, 3.8) is 0 Å². The molecule has 4 heteroatoms. The van der Waals surface area contributed by atoms with Gasteiger partial charge in [-0.2, -0.15) is 0 Å². The lowest BCUT2D eigenvalue weighted by atomic mass is 10.2. The van der Waals surface area contributed by atoms with Gasteiger partial charge in [0.25, 0.3) is 0 Å². The lowest BCUT2D eigenvalue weighted by molar-refractivity contribution is 0.00691. The molecule has 18 heavy (non-hydrogen) atoms. The smallest absolute Gasteiger partial charge is 0.340 e. The summed E-state index contributed by atoms with van der Waals surface area (Å²) in [5.74, 6) is -0.340. The standard InChI is InChI=1S/C14H15NO2S/c1-14(2,3)17-13(16)10-6-7-11(15-9-10)12-5-4-8-18-12/h4-9H,1-3H3. The predicted octanol–water partition coefficient (Wildman–Crippen LogP) is 3.77. The molecule has 0 saturated carbocycles. The van der Waals surface area contributed by atoms with Gasteiger partial charge in [0.15, 0.2) is 0 Å². The average molecular weight is 261 g/mol. The number of ether oxygens (including phenoxy) is 1. The number of esters is 1. The number of pyridine rings is 1. The molecule has 2 heterocycles. The zero-order chi connectivity index (χ0) is 13.2. The molecule has 0 fully saturated rings. The summed E-state index contributed by atoms with van der Waals surface area (Å²) < 4.78 is 5.28. The highest BCUT2D eigenvalue weighted by molar-refractivity contribution is 7.13. The fraction of sp³-hybridized carbons (Fsp3) is 0.286. The molecule has 0 aromatic carbocycles. The molecule has 2 aromatic rings. The van der Waals surface area contributed by atoms with Crippen LogP contribution in [0.2, 0.25) is 0 Å². The molecule has 3 nitrogen and oxygen atoms in total. The van der Waals surface area contributed by atoms with E-state index in [1.165, 1.54) is 0 Å². The van der Waals surface area contributed by atoms with Crippen LogP contribution in [-0.4, -0.2) is 16.6 Å². The van der Waals surface area contributed by atoms with E-state index in [0.29, 0.717) is 5.56 Å². The van der Waals surface area contributed by atoms with Crippen molar-refractivity contribution in [2.45, 2.75) is 26.4 Å². The summed E-state index contributed by atoms with van der Waals surface area (Å²) in [5, 5.41) is 2.00. The Kier molecular flexibility index (Phi) is 3.48. The van der Waals surface area contributed by atoms with E-state index in [-0.39, 0.29) is 5.97 Å². The van der Waals surface area contributed by atoms with Crippen LogP contribution in [0.3, 0.4) is 0 Å². The maximum Gasteiger partial charge on any atom is 0.340 e. The molecule has 0 aliphatic rings. The van der Waals surface area contributed by atoms with Crippen molar-refractivity contribution in [2.24, 2.45) is 0 Å². The van der Waals surface area contributed by atoms with Crippen LogP contribution >= 0.6 is 11.3 Å². The van der Waals surface area contributed by atoms with E-state index >= 15 is 0 Å². The number of rotatable bonds is 2. The Balaban J connectivity index is 2.15. The molecule has 0 aliphatic heterocycles. The van der Waals surface area contributed by atoms with Gasteiger partial charge in [-0.1, -0.05) is 6.07 Å². The van der Waals surface area contributed by atoms with E-state index < -0.39 is 5.60 Å². The number of aromatic nitrogens is 1. The van der Waals surface area contributed by atoms with Crippen molar-refractivity contribution in [2.75, 3.05) is 0 Å². The lowest BCUT2D eigenvalue weighted by Crippen LogP contribution is -2.23. The summed E-state index contributed by atoms with van der Waals surface area (Å²) in [6.45, 7) is 5.54. The molecule has 0 N–H and O–H groups in total. The normalized spacial score (nSPS) is 11.3. The Bertz CT molecular complexity index is 524. The predicted molar refractivity (Wildman–Crippen MR) is 72.7 cm³/mol. The van der Waals surface area contributed by atoms with Crippen LogP contribution < -0.4 is 0 Å². The lowest BCUT2D eigenvalue weighted by Gasteiger charge is -2.19. The molecule has 2 rings (SSSR count). The summed E-state index contributed by atoms with van der Waals surface area (Å²) in [6, 6.07) is 7.56. The van der Waals surface area contributed by atoms with Crippen LogP contribution in [0, 0.1) is 0 Å². The third-order valence-corrected chi connectivity index (χ3v) is 3.06. The Hall–Kier alpha value is -1.68. The molecule has 0 bridgehead atoms. The highest BCUT2D eigenvalue weighted by Crippen LogP contribution is 2.22. The first-order chi connectivity index (χ1) is 8.46. The number of carbonyl (C=O) groups excluding carboxylic acids is 1. The first-order valence-corrected chi connectivity index (χ1v) is 6.57. The molecule has 0 amide bonds. The Labute approximate surface area is 110 Å². The van der Waals surface area contributed by atoms with E-state index in [2.05, 4.69) is 4.98 Å². The van der Waals surface area contributed by atoms with Gasteiger partial charge in [-0.15, -0.1) is 11.3 Å². The number of thiophene rings is 1. The second kappa shape index (κ2) is 4.90. The minimum Gasteiger partial charge on any atom is -0.456 e. The van der Waals surface area contributed by atoms with E-state index in [9.17, 15) is 4.79 Å². The van der Waals surface area contributed by atoms with Crippen LogP contribution in [0.5, 0.6) is 0 Å². The van der Waals surface area contributed by atoms with Gasteiger partial charge in [-0.25, -0.2) is 4.79 Å². The van der Waals surface area contributed by atoms with Gasteiger partial charge >= 0.3 is 5.97 Å². The Morgan fingerprint density at radius 2 is 2.06 bits per heavy atom. The van der Waals surface area contributed by atoms with Crippen LogP contribution in [-0.2, 0) is 4.74 Å². The van der Waals surface area contributed by atoms with Crippen molar-refractivity contribution < 1.29 is 9.53 Å². The SMILES string of the molecule is CC(C)(C)OC(=O)c1ccc(-c2cccs2)nc1. The van der Waals surface area contributed by atoms with Crippen molar-refractivity contribution in [3.8, 4) is 10.6 Å². The first kappa shape index (κ1) is 12.8. The largest absolute Gasteiger partial charge is 0.456 e.